The molecule has 8 nitrogen and oxygen atoms in total. The second-order valence-corrected chi connectivity index (χ2v) is 14.0. The van der Waals surface area contributed by atoms with Crippen LogP contribution in [0.25, 0.3) is 17.2 Å². The summed E-state index contributed by atoms with van der Waals surface area (Å²) in [5.41, 5.74) is 6.03. The minimum Gasteiger partial charge on any atom is -0.491 e. The number of aromatic nitrogens is 3. The van der Waals surface area contributed by atoms with Gasteiger partial charge in [-0.15, -0.1) is 22.0 Å². The van der Waals surface area contributed by atoms with Crippen molar-refractivity contribution in [3.8, 4) is 16.9 Å². The molecule has 0 fully saturated rings. The number of nitrogens with one attached hydrogen (secondary N) is 1. The van der Waals surface area contributed by atoms with Crippen molar-refractivity contribution in [3.63, 3.8) is 0 Å². The summed E-state index contributed by atoms with van der Waals surface area (Å²) in [6.45, 7) is 13.5. The number of rotatable bonds is 17. The summed E-state index contributed by atoms with van der Waals surface area (Å²) >= 11 is 1.72. The molecule has 2 heterocycles. The third-order valence-electron chi connectivity index (χ3n) is 8.42. The topological polar surface area (TPSA) is 81.5 Å². The lowest BCUT2D eigenvalue weighted by Gasteiger charge is -2.30. The molecule has 1 N–H and O–H groups in total. The zero-order valence-electron chi connectivity index (χ0n) is 29.5. The monoisotopic (exact) mass is 681 g/mol. The Bertz CT molecular complexity index is 1650. The molecule has 1 amide bonds. The summed E-state index contributed by atoms with van der Waals surface area (Å²) in [4.78, 5) is 17.3. The molecule has 0 unspecified atom stereocenters. The van der Waals surface area contributed by atoms with Crippen LogP contribution in [-0.2, 0) is 21.8 Å². The van der Waals surface area contributed by atoms with E-state index in [0.717, 1.165) is 102 Å². The summed E-state index contributed by atoms with van der Waals surface area (Å²) in [5, 5.41) is 11.5. The van der Waals surface area contributed by atoms with Gasteiger partial charge in [0.1, 0.15) is 24.5 Å². The Kier molecular flexibility index (Phi) is 13.8. The summed E-state index contributed by atoms with van der Waals surface area (Å²) in [6.07, 6.45) is 8.76. The lowest BCUT2D eigenvalue weighted by Crippen LogP contribution is -2.30. The first kappa shape index (κ1) is 36.2. The van der Waals surface area contributed by atoms with Gasteiger partial charge in [-0.1, -0.05) is 52.3 Å². The maximum Gasteiger partial charge on any atom is 0.251 e. The molecule has 0 aliphatic carbocycles. The predicted molar refractivity (Wildman–Crippen MR) is 202 cm³/mol. The van der Waals surface area contributed by atoms with Gasteiger partial charge in [-0.25, -0.2) is 0 Å². The maximum absolute atomic E-state index is 13.7. The number of ether oxygens (including phenoxy) is 2. The van der Waals surface area contributed by atoms with E-state index < -0.39 is 0 Å². The number of fused-ring (bicyclic) bond motifs is 1. The van der Waals surface area contributed by atoms with Crippen LogP contribution in [0.4, 0.5) is 11.4 Å². The van der Waals surface area contributed by atoms with Crippen molar-refractivity contribution < 1.29 is 14.3 Å². The molecule has 9 heteroatoms. The van der Waals surface area contributed by atoms with Crippen LogP contribution >= 0.6 is 11.8 Å². The van der Waals surface area contributed by atoms with E-state index >= 15 is 0 Å². The van der Waals surface area contributed by atoms with Crippen LogP contribution in [0.1, 0.15) is 71.2 Å². The van der Waals surface area contributed by atoms with Crippen molar-refractivity contribution >= 4 is 35.1 Å². The van der Waals surface area contributed by atoms with Crippen molar-refractivity contribution in [2.24, 2.45) is 5.92 Å². The number of carbonyl (C=O) groups is 1. The van der Waals surface area contributed by atoms with Crippen molar-refractivity contribution in [1.82, 2.24) is 14.8 Å². The first-order chi connectivity index (χ1) is 23.9. The molecular weight excluding hydrogens is 631 g/mol. The summed E-state index contributed by atoms with van der Waals surface area (Å²) < 4.78 is 13.6. The molecule has 0 saturated heterocycles. The molecule has 3 aromatic carbocycles. The number of anilines is 2. The molecule has 5 rings (SSSR count). The van der Waals surface area contributed by atoms with E-state index in [0.29, 0.717) is 25.6 Å². The van der Waals surface area contributed by atoms with Gasteiger partial charge in [0, 0.05) is 48.1 Å². The summed E-state index contributed by atoms with van der Waals surface area (Å²) in [7, 11) is 0. The molecule has 0 bridgehead atoms. The van der Waals surface area contributed by atoms with E-state index in [2.05, 4.69) is 101 Å². The number of unbranched alkanes of at least 4 members (excludes halogenated alkanes) is 1. The Hall–Kier alpha value is -4.08. The molecule has 260 valence electrons. The van der Waals surface area contributed by atoms with Crippen LogP contribution in [0.2, 0.25) is 0 Å². The highest BCUT2D eigenvalue weighted by Gasteiger charge is 2.19. The normalized spacial score (nSPS) is 14.1. The lowest BCUT2D eigenvalue weighted by atomic mass is 9.96. The third-order valence-corrected chi connectivity index (χ3v) is 9.42. The molecular formula is C40H51N5O3S. The fourth-order valence-corrected chi connectivity index (χ4v) is 6.76. The molecule has 1 aliphatic heterocycles. The van der Waals surface area contributed by atoms with Gasteiger partial charge in [0.25, 0.3) is 5.91 Å². The minimum absolute atomic E-state index is 0.0538. The average molecular weight is 682 g/mol. The van der Waals surface area contributed by atoms with Gasteiger partial charge in [-0.2, -0.15) is 0 Å². The van der Waals surface area contributed by atoms with Gasteiger partial charge >= 0.3 is 0 Å². The van der Waals surface area contributed by atoms with Gasteiger partial charge in [0.15, 0.2) is 0 Å². The fourth-order valence-electron chi connectivity index (χ4n) is 5.91. The largest absolute Gasteiger partial charge is 0.491 e. The van der Waals surface area contributed by atoms with E-state index in [1.165, 1.54) is 5.69 Å². The van der Waals surface area contributed by atoms with Crippen LogP contribution in [0.5, 0.6) is 5.75 Å². The van der Waals surface area contributed by atoms with E-state index in [1.54, 1.807) is 18.1 Å². The molecule has 49 heavy (non-hydrogen) atoms. The average Bonchev–Trinajstić information content (AvgIpc) is 3.54. The van der Waals surface area contributed by atoms with Crippen LogP contribution in [0.15, 0.2) is 83.5 Å². The summed E-state index contributed by atoms with van der Waals surface area (Å²) in [6, 6.07) is 22.9. The number of hydrogen-bond donors (Lipinski definition) is 1. The Balaban J connectivity index is 1.28. The summed E-state index contributed by atoms with van der Waals surface area (Å²) in [5.74, 6) is 3.03. The van der Waals surface area contributed by atoms with Crippen molar-refractivity contribution in [1.29, 1.82) is 0 Å². The van der Waals surface area contributed by atoms with E-state index in [9.17, 15) is 4.79 Å². The molecule has 1 aliphatic rings. The van der Waals surface area contributed by atoms with Crippen LogP contribution < -0.4 is 15.0 Å². The maximum atomic E-state index is 13.7. The number of aryl methyl sites for hydroxylation is 1. The van der Waals surface area contributed by atoms with Crippen molar-refractivity contribution in [2.75, 3.05) is 43.1 Å². The van der Waals surface area contributed by atoms with Gasteiger partial charge in [0.2, 0.25) is 0 Å². The quantitative estimate of drug-likeness (QED) is 0.0880. The first-order valence-corrected chi connectivity index (χ1v) is 18.7. The highest BCUT2D eigenvalue weighted by molar-refractivity contribution is 7.98. The lowest BCUT2D eigenvalue weighted by molar-refractivity contribution is -0.112. The Morgan fingerprint density at radius 1 is 0.959 bits per heavy atom. The smallest absolute Gasteiger partial charge is 0.251 e. The number of amides is 1. The molecule has 0 atom stereocenters. The van der Waals surface area contributed by atoms with Gasteiger partial charge in [-0.3, -0.25) is 4.79 Å². The SMILES string of the molecule is CCCCOCCOc1ccc(-c2ccc3c(c2)/C=C(/C(=O)Nc2ccc(SCc4nncn4CCC)cc2)CCCN3CC(C)C)cc1. The Labute approximate surface area is 296 Å². The number of nitrogens with zero attached hydrogens (tertiary/aromatic N) is 4. The Morgan fingerprint density at radius 2 is 1.76 bits per heavy atom. The Morgan fingerprint density at radius 3 is 2.51 bits per heavy atom. The molecule has 0 spiro atoms. The van der Waals surface area contributed by atoms with Crippen LogP contribution in [-0.4, -0.2) is 53.6 Å². The highest BCUT2D eigenvalue weighted by Crippen LogP contribution is 2.33. The second-order valence-electron chi connectivity index (χ2n) is 12.9. The van der Waals surface area contributed by atoms with E-state index in [-0.39, 0.29) is 5.91 Å². The third kappa shape index (κ3) is 10.7. The second kappa shape index (κ2) is 18.6. The molecule has 0 radical (unpaired) electrons. The van der Waals surface area contributed by atoms with Crippen LogP contribution in [0.3, 0.4) is 0 Å². The minimum atomic E-state index is -0.0538. The van der Waals surface area contributed by atoms with Gasteiger partial charge in [-0.05, 0) is 103 Å². The van der Waals surface area contributed by atoms with E-state index in [4.69, 9.17) is 9.47 Å². The van der Waals surface area contributed by atoms with E-state index in [1.807, 2.05) is 24.3 Å². The fraction of sp³-hybridized carbons (Fsp3) is 0.425. The number of carbonyl (C=O) groups excluding carboxylic acids is 1. The molecule has 4 aromatic rings. The van der Waals surface area contributed by atoms with Crippen molar-refractivity contribution in [2.45, 2.75) is 77.0 Å². The highest BCUT2D eigenvalue weighted by atomic mass is 32.2. The number of benzene rings is 3. The number of thioether (sulfide) groups is 1. The number of hydrogen-bond acceptors (Lipinski definition) is 7. The standard InChI is InChI=1S/C40H51N5O3S/c1-5-7-22-47-23-24-48-36-15-10-31(11-16-36)32-12-19-38-34(25-32)26-33(9-8-21-44(38)27-30(3)4)40(46)42-35-13-17-37(18-14-35)49-28-39-43-41-29-45(39)20-6-2/h10-19,25-26,29-30H,5-9,20-24,27-28H2,1-4H3,(H,42,46)/b33-26+. The van der Waals surface area contributed by atoms with Crippen LogP contribution in [0, 0.1) is 5.92 Å². The zero-order valence-corrected chi connectivity index (χ0v) is 30.3. The van der Waals surface area contributed by atoms with Gasteiger partial charge < -0.3 is 24.3 Å². The predicted octanol–water partition coefficient (Wildman–Crippen LogP) is 9.12. The molecule has 1 aromatic heterocycles. The van der Waals surface area contributed by atoms with Gasteiger partial charge in [0.05, 0.1) is 12.4 Å². The zero-order chi connectivity index (χ0) is 34.4. The molecule has 0 saturated carbocycles. The van der Waals surface area contributed by atoms with Crippen molar-refractivity contribution in [3.05, 3.63) is 90.0 Å². The first-order valence-electron chi connectivity index (χ1n) is 17.7.